The Bertz CT molecular complexity index is 503. The van der Waals surface area contributed by atoms with Crippen LogP contribution in [0.1, 0.15) is 24.3 Å². The second-order valence-corrected chi connectivity index (χ2v) is 5.80. The average Bonchev–Trinajstić information content (AvgIpc) is 3.21. The molecule has 0 aromatic heterocycles. The third-order valence-electron chi connectivity index (χ3n) is 4.36. The van der Waals surface area contributed by atoms with Crippen molar-refractivity contribution in [2.45, 2.75) is 24.4 Å². The summed E-state index contributed by atoms with van der Waals surface area (Å²) in [5, 5.41) is 3.08. The van der Waals surface area contributed by atoms with Crippen LogP contribution in [0.3, 0.4) is 0 Å². The monoisotopic (exact) mass is 259 g/mol. The first-order valence-corrected chi connectivity index (χ1v) is 6.91. The lowest BCUT2D eigenvalue weighted by Gasteiger charge is -2.45. The summed E-state index contributed by atoms with van der Waals surface area (Å²) in [4.78, 5) is 11.8. The van der Waals surface area contributed by atoms with Gasteiger partial charge in [-0.25, -0.2) is 0 Å². The molecule has 19 heavy (non-hydrogen) atoms. The SMILES string of the molecule is O=C(NCC1c2ccc(cc2)OC12COC2)C1CC1. The first-order valence-electron chi connectivity index (χ1n) is 6.91. The molecule has 4 aliphatic rings. The predicted molar refractivity (Wildman–Crippen MR) is 69.1 cm³/mol. The second kappa shape index (κ2) is 3.97. The van der Waals surface area contributed by atoms with Gasteiger partial charge in [-0.15, -0.1) is 0 Å². The Kier molecular flexibility index (Phi) is 2.36. The van der Waals surface area contributed by atoms with Crippen LogP contribution in [0, 0.1) is 5.92 Å². The molecule has 1 saturated carbocycles. The van der Waals surface area contributed by atoms with Crippen molar-refractivity contribution in [3.63, 3.8) is 0 Å². The van der Waals surface area contributed by atoms with Gasteiger partial charge in [0.1, 0.15) is 5.75 Å². The Hall–Kier alpha value is -1.55. The van der Waals surface area contributed by atoms with Crippen LogP contribution in [-0.4, -0.2) is 31.3 Å². The number of hydrogen-bond donors (Lipinski definition) is 1. The van der Waals surface area contributed by atoms with Gasteiger partial charge in [0.05, 0.1) is 13.2 Å². The maximum atomic E-state index is 11.8. The molecule has 1 spiro atoms. The minimum Gasteiger partial charge on any atom is -0.482 e. The van der Waals surface area contributed by atoms with Crippen molar-refractivity contribution in [2.75, 3.05) is 19.8 Å². The summed E-state index contributed by atoms with van der Waals surface area (Å²) >= 11 is 0. The fraction of sp³-hybridized carbons (Fsp3) is 0.533. The molecule has 1 saturated heterocycles. The Balaban J connectivity index is 1.55. The van der Waals surface area contributed by atoms with Crippen molar-refractivity contribution in [3.8, 4) is 5.75 Å². The number of carbonyl (C=O) groups excluding carboxylic acids is 1. The largest absolute Gasteiger partial charge is 0.482 e. The number of carbonyl (C=O) groups is 1. The summed E-state index contributed by atoms with van der Waals surface area (Å²) in [6.45, 7) is 1.84. The smallest absolute Gasteiger partial charge is 0.223 e. The van der Waals surface area contributed by atoms with E-state index in [1.165, 1.54) is 5.56 Å². The molecular formula is C15H17NO3. The van der Waals surface area contributed by atoms with E-state index in [1.807, 2.05) is 12.1 Å². The first-order chi connectivity index (χ1) is 9.27. The topological polar surface area (TPSA) is 47.6 Å². The Labute approximate surface area is 112 Å². The van der Waals surface area contributed by atoms with Crippen LogP contribution in [0.15, 0.2) is 24.3 Å². The number of ether oxygens (including phenoxy) is 2. The molecule has 1 N–H and O–H groups in total. The number of amides is 1. The fourth-order valence-electron chi connectivity index (χ4n) is 2.94. The molecule has 4 heteroatoms. The molecule has 2 bridgehead atoms. The standard InChI is InChI=1S/C15H17NO3/c17-14(11-1-2-11)16-7-13-10-3-5-12(6-4-10)19-15(13)8-18-9-15/h3-6,11,13H,1-2,7-9H2,(H,16,17). The molecule has 1 aliphatic carbocycles. The summed E-state index contributed by atoms with van der Waals surface area (Å²) in [6, 6.07) is 8.18. The quantitative estimate of drug-likeness (QED) is 0.894. The Morgan fingerprint density at radius 2 is 2.00 bits per heavy atom. The second-order valence-electron chi connectivity index (χ2n) is 5.80. The van der Waals surface area contributed by atoms with Gasteiger partial charge in [-0.1, -0.05) is 12.1 Å². The molecule has 1 atom stereocenters. The molecule has 1 aromatic rings. The van der Waals surface area contributed by atoms with Crippen molar-refractivity contribution in [1.82, 2.24) is 5.32 Å². The number of benzene rings is 1. The van der Waals surface area contributed by atoms with Crippen LogP contribution in [0.2, 0.25) is 0 Å². The van der Waals surface area contributed by atoms with E-state index in [1.54, 1.807) is 0 Å². The van der Waals surface area contributed by atoms with E-state index in [0.717, 1.165) is 18.6 Å². The number of hydrogen-bond acceptors (Lipinski definition) is 3. The third kappa shape index (κ3) is 1.82. The molecule has 100 valence electrons. The van der Waals surface area contributed by atoms with Crippen molar-refractivity contribution >= 4 is 5.91 Å². The minimum absolute atomic E-state index is 0.177. The number of nitrogens with one attached hydrogen (secondary N) is 1. The zero-order chi connectivity index (χ0) is 12.9. The van der Waals surface area contributed by atoms with Crippen LogP contribution < -0.4 is 10.1 Å². The van der Waals surface area contributed by atoms with Crippen LogP contribution in [-0.2, 0) is 9.53 Å². The van der Waals surface area contributed by atoms with E-state index >= 15 is 0 Å². The molecule has 1 amide bonds. The lowest BCUT2D eigenvalue weighted by Crippen LogP contribution is -2.60. The minimum atomic E-state index is -0.283. The van der Waals surface area contributed by atoms with Crippen LogP contribution >= 0.6 is 0 Å². The van der Waals surface area contributed by atoms with Crippen molar-refractivity contribution in [3.05, 3.63) is 29.8 Å². The third-order valence-corrected chi connectivity index (χ3v) is 4.36. The predicted octanol–water partition coefficient (Wildman–Crippen LogP) is 1.46. The van der Waals surface area contributed by atoms with Gasteiger partial charge in [0.25, 0.3) is 0 Å². The highest BCUT2D eigenvalue weighted by molar-refractivity contribution is 5.80. The molecule has 1 aromatic carbocycles. The highest BCUT2D eigenvalue weighted by atomic mass is 16.6. The maximum absolute atomic E-state index is 11.8. The normalized spacial score (nSPS) is 26.4. The van der Waals surface area contributed by atoms with Gasteiger partial charge < -0.3 is 14.8 Å². The average molecular weight is 259 g/mol. The van der Waals surface area contributed by atoms with Gasteiger partial charge in [-0.3, -0.25) is 4.79 Å². The maximum Gasteiger partial charge on any atom is 0.223 e. The molecule has 4 nitrogen and oxygen atoms in total. The first kappa shape index (κ1) is 11.3. The molecule has 3 heterocycles. The molecular weight excluding hydrogens is 242 g/mol. The molecule has 2 fully saturated rings. The fourth-order valence-corrected chi connectivity index (χ4v) is 2.94. The van der Waals surface area contributed by atoms with E-state index in [4.69, 9.17) is 9.47 Å². The Morgan fingerprint density at radius 1 is 1.26 bits per heavy atom. The highest BCUT2D eigenvalue weighted by Crippen LogP contribution is 2.42. The van der Waals surface area contributed by atoms with Crippen LogP contribution in [0.25, 0.3) is 0 Å². The lowest BCUT2D eigenvalue weighted by molar-refractivity contribution is -0.173. The number of rotatable bonds is 3. The van der Waals surface area contributed by atoms with Crippen molar-refractivity contribution < 1.29 is 14.3 Å². The lowest BCUT2D eigenvalue weighted by atomic mass is 9.81. The van der Waals surface area contributed by atoms with Gasteiger partial charge in [0, 0.05) is 18.4 Å². The van der Waals surface area contributed by atoms with Gasteiger partial charge in [-0.2, -0.15) is 0 Å². The van der Waals surface area contributed by atoms with Gasteiger partial charge in [0.2, 0.25) is 5.91 Å². The molecule has 1 unspecified atom stereocenters. The summed E-state index contributed by atoms with van der Waals surface area (Å²) in [7, 11) is 0. The van der Waals surface area contributed by atoms with Gasteiger partial charge in [0.15, 0.2) is 5.60 Å². The molecule has 0 radical (unpaired) electrons. The zero-order valence-electron chi connectivity index (χ0n) is 10.7. The van der Waals surface area contributed by atoms with E-state index in [2.05, 4.69) is 17.4 Å². The summed E-state index contributed by atoms with van der Waals surface area (Å²) in [5.41, 5.74) is 0.940. The van der Waals surface area contributed by atoms with E-state index < -0.39 is 0 Å². The van der Waals surface area contributed by atoms with Crippen molar-refractivity contribution in [2.24, 2.45) is 5.92 Å². The van der Waals surface area contributed by atoms with Gasteiger partial charge >= 0.3 is 0 Å². The highest BCUT2D eigenvalue weighted by Gasteiger charge is 2.50. The van der Waals surface area contributed by atoms with Crippen molar-refractivity contribution in [1.29, 1.82) is 0 Å². The Morgan fingerprint density at radius 3 is 2.58 bits per heavy atom. The molecule has 5 rings (SSSR count). The zero-order valence-corrected chi connectivity index (χ0v) is 10.7. The summed E-state index contributed by atoms with van der Waals surface area (Å²) in [5.74, 6) is 1.51. The summed E-state index contributed by atoms with van der Waals surface area (Å²) < 4.78 is 11.5. The van der Waals surface area contributed by atoms with Crippen LogP contribution in [0.5, 0.6) is 5.75 Å². The summed E-state index contributed by atoms with van der Waals surface area (Å²) in [6.07, 6.45) is 2.07. The van der Waals surface area contributed by atoms with E-state index in [0.29, 0.717) is 19.8 Å². The number of fused-ring (bicyclic) bond motifs is 2. The molecule has 3 aliphatic heterocycles. The van der Waals surface area contributed by atoms with E-state index in [9.17, 15) is 4.79 Å². The van der Waals surface area contributed by atoms with Crippen LogP contribution in [0.4, 0.5) is 0 Å². The van der Waals surface area contributed by atoms with E-state index in [-0.39, 0.29) is 23.3 Å². The van der Waals surface area contributed by atoms with Gasteiger partial charge in [-0.05, 0) is 30.5 Å².